The molecule has 6 rings (SSSR count). The number of likely N-dealkylation sites (N-methyl/N-ethyl adjacent to an activating group) is 2. The van der Waals surface area contributed by atoms with Crippen molar-refractivity contribution in [1.29, 1.82) is 0 Å². The molecule has 0 saturated carbocycles. The zero-order chi connectivity index (χ0) is 27.9. The van der Waals surface area contributed by atoms with Crippen LogP contribution >= 0.6 is 11.6 Å². The number of piperidine rings is 1. The summed E-state index contributed by atoms with van der Waals surface area (Å²) in [5, 5.41) is 19.8. The number of amides is 1. The van der Waals surface area contributed by atoms with Gasteiger partial charge in [0, 0.05) is 55.2 Å². The second-order valence-electron chi connectivity index (χ2n) is 10.9. The van der Waals surface area contributed by atoms with Crippen LogP contribution in [0.2, 0.25) is 5.02 Å². The number of fused-ring (bicyclic) bond motifs is 1. The van der Waals surface area contributed by atoms with E-state index in [0.717, 1.165) is 42.1 Å². The lowest BCUT2D eigenvalue weighted by Crippen LogP contribution is -2.42. The van der Waals surface area contributed by atoms with Crippen LogP contribution in [0.3, 0.4) is 0 Å². The Morgan fingerprint density at radius 3 is 2.48 bits per heavy atom. The Kier molecular flexibility index (Phi) is 7.12. The van der Waals surface area contributed by atoms with Gasteiger partial charge in [-0.25, -0.2) is 4.52 Å². The molecular weight excluding hydrogens is 526 g/mol. The Morgan fingerprint density at radius 2 is 1.80 bits per heavy atom. The number of aromatic nitrogens is 3. The largest absolute Gasteiger partial charge is 0.385 e. The molecule has 10 heteroatoms. The molecule has 208 valence electrons. The third kappa shape index (κ3) is 5.24. The van der Waals surface area contributed by atoms with Gasteiger partial charge in [0.1, 0.15) is 0 Å². The molecular formula is C30H34ClN7O2. The molecule has 1 atom stereocenters. The van der Waals surface area contributed by atoms with Gasteiger partial charge in [0.25, 0.3) is 5.91 Å². The van der Waals surface area contributed by atoms with E-state index in [1.165, 1.54) is 0 Å². The average Bonchev–Trinajstić information content (AvgIpc) is 3.59. The Labute approximate surface area is 239 Å². The van der Waals surface area contributed by atoms with Crippen LogP contribution in [0.1, 0.15) is 35.2 Å². The van der Waals surface area contributed by atoms with Gasteiger partial charge in [0.2, 0.25) is 5.95 Å². The number of nitrogens with zero attached hydrogens (tertiary/aromatic N) is 6. The minimum absolute atomic E-state index is 0.0341. The van der Waals surface area contributed by atoms with Crippen molar-refractivity contribution in [3.05, 3.63) is 83.0 Å². The normalized spacial score (nSPS) is 19.2. The summed E-state index contributed by atoms with van der Waals surface area (Å²) in [6, 6.07) is 19.2. The molecule has 2 aliphatic rings. The summed E-state index contributed by atoms with van der Waals surface area (Å²) in [6.45, 7) is 3.30. The summed E-state index contributed by atoms with van der Waals surface area (Å²) in [7, 11) is 3.97. The summed E-state index contributed by atoms with van der Waals surface area (Å²) in [6.07, 6.45) is 4.09. The molecule has 1 unspecified atom stereocenters. The fourth-order valence-electron chi connectivity index (χ4n) is 5.78. The summed E-state index contributed by atoms with van der Waals surface area (Å²) >= 11 is 6.04. The van der Waals surface area contributed by atoms with E-state index in [4.69, 9.17) is 16.6 Å². The van der Waals surface area contributed by atoms with Crippen molar-refractivity contribution in [3.63, 3.8) is 0 Å². The van der Waals surface area contributed by atoms with Gasteiger partial charge in [0.05, 0.1) is 11.3 Å². The second-order valence-corrected chi connectivity index (χ2v) is 11.4. The lowest BCUT2D eigenvalue weighted by atomic mass is 9.84. The number of benzene rings is 2. The van der Waals surface area contributed by atoms with Gasteiger partial charge in [-0.15, -0.1) is 5.10 Å². The van der Waals surface area contributed by atoms with E-state index in [-0.39, 0.29) is 11.9 Å². The van der Waals surface area contributed by atoms with Gasteiger partial charge in [-0.3, -0.25) is 4.79 Å². The minimum atomic E-state index is -0.873. The number of hydrogen-bond acceptors (Lipinski definition) is 7. The first-order valence-corrected chi connectivity index (χ1v) is 14.1. The highest BCUT2D eigenvalue weighted by molar-refractivity contribution is 6.30. The van der Waals surface area contributed by atoms with E-state index in [1.807, 2.05) is 78.8 Å². The van der Waals surface area contributed by atoms with E-state index in [1.54, 1.807) is 4.52 Å². The maximum absolute atomic E-state index is 13.0. The molecule has 0 radical (unpaired) electrons. The quantitative estimate of drug-likeness (QED) is 0.362. The van der Waals surface area contributed by atoms with Crippen molar-refractivity contribution in [1.82, 2.24) is 24.4 Å². The van der Waals surface area contributed by atoms with Crippen molar-refractivity contribution in [2.75, 3.05) is 50.5 Å². The highest BCUT2D eigenvalue weighted by Gasteiger charge is 2.34. The van der Waals surface area contributed by atoms with Crippen LogP contribution in [0.15, 0.2) is 66.9 Å². The van der Waals surface area contributed by atoms with Crippen LogP contribution in [-0.2, 0) is 5.60 Å². The first kappa shape index (κ1) is 26.6. The van der Waals surface area contributed by atoms with E-state index < -0.39 is 5.60 Å². The van der Waals surface area contributed by atoms with Gasteiger partial charge in [0.15, 0.2) is 5.65 Å². The number of carbonyl (C=O) groups excluding carboxylic acids is 1. The van der Waals surface area contributed by atoms with Crippen LogP contribution < -0.4 is 10.2 Å². The molecule has 2 saturated heterocycles. The van der Waals surface area contributed by atoms with Crippen LogP contribution in [0.25, 0.3) is 5.65 Å². The lowest BCUT2D eigenvalue weighted by molar-refractivity contribution is 0.0118. The molecule has 0 bridgehead atoms. The molecule has 4 heterocycles. The molecule has 2 N–H and O–H groups in total. The van der Waals surface area contributed by atoms with Crippen LogP contribution in [0, 0.1) is 0 Å². The molecule has 1 amide bonds. The molecule has 2 fully saturated rings. The predicted molar refractivity (Wildman–Crippen MR) is 158 cm³/mol. The van der Waals surface area contributed by atoms with Gasteiger partial charge in [-0.2, -0.15) is 4.98 Å². The van der Waals surface area contributed by atoms with Crippen LogP contribution in [-0.4, -0.2) is 81.7 Å². The standard InChI is InChI=1S/C30H34ClN7O2/c1-35-17-13-25(20-35)36(2)28(39)21-5-11-24(12-6-21)32-29-33-27-26(4-3-16-38(27)34-29)37-18-14-30(40,15-19-37)22-7-9-23(31)10-8-22/h3-12,16,25,40H,13-15,17-20H2,1-2H3,(H,32,34). The van der Waals surface area contributed by atoms with Crippen molar-refractivity contribution >= 4 is 40.5 Å². The monoisotopic (exact) mass is 559 g/mol. The Balaban J connectivity index is 1.13. The number of likely N-dealkylation sites (tertiary alicyclic amines) is 1. The molecule has 2 aromatic heterocycles. The molecule has 40 heavy (non-hydrogen) atoms. The fourth-order valence-corrected chi connectivity index (χ4v) is 5.91. The van der Waals surface area contributed by atoms with E-state index in [0.29, 0.717) is 42.5 Å². The second kappa shape index (κ2) is 10.7. The molecule has 2 aliphatic heterocycles. The van der Waals surface area contributed by atoms with E-state index in [9.17, 15) is 9.90 Å². The highest BCUT2D eigenvalue weighted by Crippen LogP contribution is 2.36. The van der Waals surface area contributed by atoms with Crippen molar-refractivity contribution < 1.29 is 9.90 Å². The summed E-state index contributed by atoms with van der Waals surface area (Å²) < 4.78 is 1.77. The number of aliphatic hydroxyl groups is 1. The number of carbonyl (C=O) groups is 1. The number of rotatable bonds is 6. The number of nitrogens with one attached hydrogen (secondary N) is 1. The molecule has 0 spiro atoms. The van der Waals surface area contributed by atoms with Crippen molar-refractivity contribution in [2.45, 2.75) is 30.9 Å². The lowest BCUT2D eigenvalue weighted by Gasteiger charge is -2.39. The highest BCUT2D eigenvalue weighted by atomic mass is 35.5. The van der Waals surface area contributed by atoms with Crippen LogP contribution in [0.5, 0.6) is 0 Å². The smallest absolute Gasteiger partial charge is 0.253 e. The molecule has 2 aromatic carbocycles. The van der Waals surface area contributed by atoms with Crippen molar-refractivity contribution in [2.24, 2.45) is 0 Å². The van der Waals surface area contributed by atoms with E-state index >= 15 is 0 Å². The summed E-state index contributed by atoms with van der Waals surface area (Å²) in [5.74, 6) is 0.513. The van der Waals surface area contributed by atoms with Gasteiger partial charge in [-0.1, -0.05) is 23.7 Å². The number of hydrogen-bond donors (Lipinski definition) is 2. The third-order valence-corrected chi connectivity index (χ3v) is 8.53. The van der Waals surface area contributed by atoms with Gasteiger partial charge in [-0.05, 0) is 86.9 Å². The summed E-state index contributed by atoms with van der Waals surface area (Å²) in [4.78, 5) is 24.1. The van der Waals surface area contributed by atoms with Crippen LogP contribution in [0.4, 0.5) is 17.3 Å². The Bertz CT molecular complexity index is 1500. The van der Waals surface area contributed by atoms with Gasteiger partial charge < -0.3 is 25.1 Å². The third-order valence-electron chi connectivity index (χ3n) is 8.28. The zero-order valence-corrected chi connectivity index (χ0v) is 23.6. The van der Waals surface area contributed by atoms with E-state index in [2.05, 4.69) is 27.3 Å². The molecule has 9 nitrogen and oxygen atoms in total. The first-order valence-electron chi connectivity index (χ1n) is 13.7. The average molecular weight is 560 g/mol. The maximum Gasteiger partial charge on any atom is 0.253 e. The number of pyridine rings is 1. The molecule has 0 aliphatic carbocycles. The Morgan fingerprint density at radius 1 is 1.07 bits per heavy atom. The van der Waals surface area contributed by atoms with Crippen molar-refractivity contribution in [3.8, 4) is 0 Å². The molecule has 4 aromatic rings. The summed E-state index contributed by atoms with van der Waals surface area (Å²) in [5.41, 5.74) is 3.22. The first-order chi connectivity index (χ1) is 19.3. The number of anilines is 3. The topological polar surface area (TPSA) is 89.2 Å². The number of halogens is 1. The minimum Gasteiger partial charge on any atom is -0.385 e. The Hall–Kier alpha value is -3.66. The SMILES string of the molecule is CN1CCC(N(C)C(=O)c2ccc(Nc3nc4c(N5CCC(O)(c6ccc(Cl)cc6)CC5)cccn4n3)cc2)C1. The zero-order valence-electron chi connectivity index (χ0n) is 22.8. The predicted octanol–water partition coefficient (Wildman–Crippen LogP) is 4.39. The maximum atomic E-state index is 13.0. The van der Waals surface area contributed by atoms with Gasteiger partial charge >= 0.3 is 0 Å². The fraction of sp³-hybridized carbons (Fsp3) is 0.367.